The van der Waals surface area contributed by atoms with E-state index in [1.54, 1.807) is 29.2 Å². The van der Waals surface area contributed by atoms with Crippen LogP contribution in [0.3, 0.4) is 0 Å². The largest absolute Gasteiger partial charge is 0.490 e. The number of halogens is 1. The van der Waals surface area contributed by atoms with E-state index in [1.807, 2.05) is 31.2 Å². The summed E-state index contributed by atoms with van der Waals surface area (Å²) in [4.78, 5) is 26.1. The van der Waals surface area contributed by atoms with Crippen LogP contribution >= 0.6 is 11.6 Å². The zero-order valence-electron chi connectivity index (χ0n) is 16.8. The van der Waals surface area contributed by atoms with Gasteiger partial charge in [-0.15, -0.1) is 0 Å². The van der Waals surface area contributed by atoms with Crippen molar-refractivity contribution in [3.63, 3.8) is 0 Å². The second-order valence-corrected chi connectivity index (χ2v) is 7.72. The molecule has 1 heterocycles. The predicted molar refractivity (Wildman–Crippen MR) is 113 cm³/mol. The number of benzene rings is 2. The van der Waals surface area contributed by atoms with Gasteiger partial charge in [0.15, 0.2) is 6.61 Å². The van der Waals surface area contributed by atoms with Crippen LogP contribution in [0, 0.1) is 6.92 Å². The number of hydrogen-bond donors (Lipinski definition) is 1. The van der Waals surface area contributed by atoms with E-state index in [1.165, 1.54) is 0 Å². The van der Waals surface area contributed by atoms with Crippen molar-refractivity contribution in [2.45, 2.75) is 18.9 Å². The molecular formula is C22H25ClN2O5. The van der Waals surface area contributed by atoms with E-state index >= 15 is 0 Å². The molecule has 1 saturated heterocycles. The van der Waals surface area contributed by atoms with Crippen LogP contribution in [0.4, 0.5) is 0 Å². The summed E-state index contributed by atoms with van der Waals surface area (Å²) in [6, 6.07) is 14.4. The van der Waals surface area contributed by atoms with E-state index in [0.717, 1.165) is 5.56 Å². The number of para-hydroxylation sites is 1. The zero-order chi connectivity index (χ0) is 21.6. The Morgan fingerprint density at radius 1 is 1.17 bits per heavy atom. The molecule has 2 aromatic carbocycles. The summed E-state index contributed by atoms with van der Waals surface area (Å²) in [5, 5.41) is 0.591. The lowest BCUT2D eigenvalue weighted by molar-refractivity contribution is -0.163. The van der Waals surface area contributed by atoms with Gasteiger partial charge in [-0.25, -0.2) is 0 Å². The number of morpholine rings is 1. The van der Waals surface area contributed by atoms with Gasteiger partial charge < -0.3 is 24.8 Å². The molecule has 1 aliphatic rings. The highest BCUT2D eigenvalue weighted by Gasteiger charge is 2.41. The molecular weight excluding hydrogens is 408 g/mol. The maximum atomic E-state index is 12.7. The number of rotatable bonds is 8. The molecule has 1 atom stereocenters. The molecule has 3 rings (SSSR count). The van der Waals surface area contributed by atoms with Crippen LogP contribution in [0.2, 0.25) is 5.02 Å². The predicted octanol–water partition coefficient (Wildman–Crippen LogP) is 2.58. The van der Waals surface area contributed by atoms with Gasteiger partial charge in [0, 0.05) is 11.6 Å². The Kier molecular flexibility index (Phi) is 7.18. The van der Waals surface area contributed by atoms with E-state index in [9.17, 15) is 9.59 Å². The SMILES string of the molecule is Cc1ccccc1OCC(=O)N1CCO[C@](COc2ccc(Cl)cc2)(CC(N)=O)C1. The Hall–Kier alpha value is -2.77. The molecule has 2 N–H and O–H groups in total. The maximum Gasteiger partial charge on any atom is 0.260 e. The summed E-state index contributed by atoms with van der Waals surface area (Å²) in [7, 11) is 0. The molecule has 160 valence electrons. The summed E-state index contributed by atoms with van der Waals surface area (Å²) in [6.45, 7) is 2.74. The standard InChI is InChI=1S/C22H25ClN2O5/c1-16-4-2-3-5-19(16)28-13-21(27)25-10-11-30-22(14-25,12-20(24)26)15-29-18-8-6-17(23)7-9-18/h2-9H,10-15H2,1H3,(H2,24,26)/t22-/m1/s1. The van der Waals surface area contributed by atoms with Crippen molar-refractivity contribution in [1.29, 1.82) is 0 Å². The van der Waals surface area contributed by atoms with Crippen LogP contribution in [0.5, 0.6) is 11.5 Å². The average Bonchev–Trinajstić information content (AvgIpc) is 2.72. The maximum absolute atomic E-state index is 12.7. The lowest BCUT2D eigenvalue weighted by atomic mass is 9.97. The Labute approximate surface area is 180 Å². The van der Waals surface area contributed by atoms with Crippen LogP contribution in [0.15, 0.2) is 48.5 Å². The monoisotopic (exact) mass is 432 g/mol. The van der Waals surface area contributed by atoms with Crippen molar-refractivity contribution >= 4 is 23.4 Å². The highest BCUT2D eigenvalue weighted by molar-refractivity contribution is 6.30. The number of amides is 2. The smallest absolute Gasteiger partial charge is 0.260 e. The Bertz CT molecular complexity index is 889. The summed E-state index contributed by atoms with van der Waals surface area (Å²) in [6.07, 6.45) is -0.0664. The van der Waals surface area contributed by atoms with E-state index in [4.69, 9.17) is 31.5 Å². The van der Waals surface area contributed by atoms with Crippen molar-refractivity contribution in [2.24, 2.45) is 5.73 Å². The topological polar surface area (TPSA) is 91.1 Å². The number of nitrogens with zero attached hydrogens (tertiary/aromatic N) is 1. The zero-order valence-corrected chi connectivity index (χ0v) is 17.6. The number of carbonyl (C=O) groups excluding carboxylic acids is 2. The molecule has 8 heteroatoms. The minimum Gasteiger partial charge on any atom is -0.490 e. The molecule has 0 spiro atoms. The van der Waals surface area contributed by atoms with E-state index in [-0.39, 0.29) is 38.7 Å². The molecule has 2 aromatic rings. The van der Waals surface area contributed by atoms with Gasteiger partial charge in [-0.2, -0.15) is 0 Å². The van der Waals surface area contributed by atoms with Crippen LogP contribution < -0.4 is 15.2 Å². The first-order valence-corrected chi connectivity index (χ1v) is 10.0. The molecule has 2 amide bonds. The summed E-state index contributed by atoms with van der Waals surface area (Å²) < 4.78 is 17.4. The van der Waals surface area contributed by atoms with Crippen molar-refractivity contribution in [2.75, 3.05) is 32.9 Å². The Morgan fingerprint density at radius 3 is 2.60 bits per heavy atom. The minimum absolute atomic E-state index is 0.0664. The van der Waals surface area contributed by atoms with Gasteiger partial charge in [0.2, 0.25) is 5.91 Å². The minimum atomic E-state index is -1.03. The first-order chi connectivity index (χ1) is 14.4. The van der Waals surface area contributed by atoms with Crippen LogP contribution in [0.1, 0.15) is 12.0 Å². The molecule has 0 aromatic heterocycles. The van der Waals surface area contributed by atoms with E-state index in [2.05, 4.69) is 0 Å². The molecule has 0 saturated carbocycles. The highest BCUT2D eigenvalue weighted by Crippen LogP contribution is 2.25. The summed E-state index contributed by atoms with van der Waals surface area (Å²) >= 11 is 5.90. The number of ether oxygens (including phenoxy) is 3. The molecule has 7 nitrogen and oxygen atoms in total. The third-order valence-corrected chi connectivity index (χ3v) is 5.11. The van der Waals surface area contributed by atoms with Crippen molar-refractivity contribution in [3.8, 4) is 11.5 Å². The molecule has 0 bridgehead atoms. The van der Waals surface area contributed by atoms with Crippen molar-refractivity contribution in [3.05, 3.63) is 59.1 Å². The quantitative estimate of drug-likeness (QED) is 0.692. The number of aryl methyl sites for hydroxylation is 1. The van der Waals surface area contributed by atoms with Crippen LogP contribution in [-0.2, 0) is 14.3 Å². The normalized spacial score (nSPS) is 18.7. The molecule has 0 unspecified atom stereocenters. The number of carbonyl (C=O) groups is 2. The van der Waals surface area contributed by atoms with Gasteiger partial charge in [0.1, 0.15) is 23.7 Å². The lowest BCUT2D eigenvalue weighted by Crippen LogP contribution is -2.58. The first kappa shape index (κ1) is 21.9. The van der Waals surface area contributed by atoms with Gasteiger partial charge in [-0.1, -0.05) is 29.8 Å². The first-order valence-electron chi connectivity index (χ1n) is 9.64. The fraction of sp³-hybridized carbons (Fsp3) is 0.364. The molecule has 0 radical (unpaired) electrons. The number of nitrogens with two attached hydrogens (primary N) is 1. The molecule has 1 aliphatic heterocycles. The third kappa shape index (κ3) is 5.87. The summed E-state index contributed by atoms with van der Waals surface area (Å²) in [5.74, 6) is 0.522. The molecule has 30 heavy (non-hydrogen) atoms. The van der Waals surface area contributed by atoms with Gasteiger partial charge >= 0.3 is 0 Å². The number of hydrogen-bond acceptors (Lipinski definition) is 5. The second-order valence-electron chi connectivity index (χ2n) is 7.29. The highest BCUT2D eigenvalue weighted by atomic mass is 35.5. The van der Waals surface area contributed by atoms with E-state index < -0.39 is 11.5 Å². The van der Waals surface area contributed by atoms with Gasteiger partial charge in [-0.05, 0) is 42.8 Å². The molecule has 0 aliphatic carbocycles. The van der Waals surface area contributed by atoms with Gasteiger partial charge in [-0.3, -0.25) is 9.59 Å². The number of primary amides is 1. The second kappa shape index (κ2) is 9.82. The fourth-order valence-corrected chi connectivity index (χ4v) is 3.44. The van der Waals surface area contributed by atoms with Crippen LogP contribution in [0.25, 0.3) is 0 Å². The molecule has 1 fully saturated rings. The van der Waals surface area contributed by atoms with Gasteiger partial charge in [0.05, 0.1) is 19.6 Å². The fourth-order valence-electron chi connectivity index (χ4n) is 3.32. The lowest BCUT2D eigenvalue weighted by Gasteiger charge is -2.41. The third-order valence-electron chi connectivity index (χ3n) is 4.86. The van der Waals surface area contributed by atoms with E-state index in [0.29, 0.717) is 23.1 Å². The Balaban J connectivity index is 1.65. The van der Waals surface area contributed by atoms with Crippen molar-refractivity contribution in [1.82, 2.24) is 4.90 Å². The Morgan fingerprint density at radius 2 is 1.90 bits per heavy atom. The average molecular weight is 433 g/mol. The summed E-state index contributed by atoms with van der Waals surface area (Å²) in [5.41, 5.74) is 5.38. The van der Waals surface area contributed by atoms with Crippen LogP contribution in [-0.4, -0.2) is 55.2 Å². The van der Waals surface area contributed by atoms with Crippen molar-refractivity contribution < 1.29 is 23.8 Å². The van der Waals surface area contributed by atoms with Gasteiger partial charge in [0.25, 0.3) is 5.91 Å².